The average molecular weight is 367 g/mol. The summed E-state index contributed by atoms with van der Waals surface area (Å²) in [5.41, 5.74) is 11.1. The van der Waals surface area contributed by atoms with Gasteiger partial charge < -0.3 is 11.1 Å². The van der Waals surface area contributed by atoms with Gasteiger partial charge in [-0.05, 0) is 36.5 Å². The Morgan fingerprint density at radius 1 is 1.04 bits per heavy atom. The third-order valence-corrected chi connectivity index (χ3v) is 5.10. The Labute approximate surface area is 164 Å². The van der Waals surface area contributed by atoms with Crippen LogP contribution < -0.4 is 11.1 Å². The van der Waals surface area contributed by atoms with Crippen LogP contribution in [0.3, 0.4) is 0 Å². The minimum atomic E-state index is -0.102. The van der Waals surface area contributed by atoms with E-state index in [4.69, 9.17) is 5.73 Å². The van der Waals surface area contributed by atoms with E-state index in [9.17, 15) is 4.79 Å². The SMILES string of the molecule is CCCCCCCc1ccc(CNC(=O)C2=C(N)CC(CC)=CC=C2)cc1. The van der Waals surface area contributed by atoms with Gasteiger partial charge in [0, 0.05) is 18.7 Å². The van der Waals surface area contributed by atoms with Crippen LogP contribution in [0.5, 0.6) is 0 Å². The van der Waals surface area contributed by atoms with E-state index in [-0.39, 0.29) is 5.91 Å². The maximum Gasteiger partial charge on any atom is 0.253 e. The molecule has 3 heteroatoms. The minimum Gasteiger partial charge on any atom is -0.401 e. The van der Waals surface area contributed by atoms with Crippen LogP contribution in [0, 0.1) is 0 Å². The smallest absolute Gasteiger partial charge is 0.253 e. The Kier molecular flexibility index (Phi) is 8.90. The molecular weight excluding hydrogens is 332 g/mol. The number of aryl methyl sites for hydroxylation is 1. The Morgan fingerprint density at radius 2 is 1.74 bits per heavy atom. The van der Waals surface area contributed by atoms with E-state index in [0.717, 1.165) is 18.4 Å². The molecule has 1 amide bonds. The van der Waals surface area contributed by atoms with Crippen LogP contribution in [0.2, 0.25) is 0 Å². The molecule has 0 aliphatic heterocycles. The van der Waals surface area contributed by atoms with Crippen molar-refractivity contribution < 1.29 is 4.79 Å². The van der Waals surface area contributed by atoms with E-state index in [1.807, 2.05) is 18.2 Å². The molecule has 1 aromatic rings. The molecule has 0 fully saturated rings. The third-order valence-electron chi connectivity index (χ3n) is 5.10. The van der Waals surface area contributed by atoms with Crippen molar-refractivity contribution in [2.24, 2.45) is 5.73 Å². The summed E-state index contributed by atoms with van der Waals surface area (Å²) in [6.07, 6.45) is 15.1. The second-order valence-corrected chi connectivity index (χ2v) is 7.32. The largest absolute Gasteiger partial charge is 0.401 e. The third kappa shape index (κ3) is 7.09. The highest BCUT2D eigenvalue weighted by Gasteiger charge is 2.13. The molecule has 27 heavy (non-hydrogen) atoms. The van der Waals surface area contributed by atoms with Gasteiger partial charge in [0.05, 0.1) is 5.57 Å². The van der Waals surface area contributed by atoms with E-state index in [1.54, 1.807) is 0 Å². The predicted octanol–water partition coefficient (Wildman–Crippen LogP) is 5.32. The molecule has 0 saturated heterocycles. The van der Waals surface area contributed by atoms with Crippen LogP contribution in [0.15, 0.2) is 59.3 Å². The Morgan fingerprint density at radius 3 is 2.44 bits per heavy atom. The second-order valence-electron chi connectivity index (χ2n) is 7.32. The number of nitrogens with two attached hydrogens (primary N) is 1. The molecule has 1 aromatic carbocycles. The van der Waals surface area contributed by atoms with E-state index in [1.165, 1.54) is 43.2 Å². The van der Waals surface area contributed by atoms with Crippen LogP contribution in [-0.4, -0.2) is 5.91 Å². The van der Waals surface area contributed by atoms with Gasteiger partial charge in [-0.3, -0.25) is 4.79 Å². The molecule has 3 nitrogen and oxygen atoms in total. The minimum absolute atomic E-state index is 0.102. The average Bonchev–Trinajstić information content (AvgIpc) is 2.88. The maximum atomic E-state index is 12.5. The van der Waals surface area contributed by atoms with E-state index in [2.05, 4.69) is 43.4 Å². The van der Waals surface area contributed by atoms with Gasteiger partial charge >= 0.3 is 0 Å². The predicted molar refractivity (Wildman–Crippen MR) is 114 cm³/mol. The summed E-state index contributed by atoms with van der Waals surface area (Å²) in [5, 5.41) is 2.99. The van der Waals surface area contributed by atoms with Crippen LogP contribution in [0.25, 0.3) is 0 Å². The zero-order valence-electron chi connectivity index (χ0n) is 16.9. The highest BCUT2D eigenvalue weighted by atomic mass is 16.1. The zero-order valence-corrected chi connectivity index (χ0v) is 16.9. The van der Waals surface area contributed by atoms with Crippen molar-refractivity contribution in [2.75, 3.05) is 0 Å². The lowest BCUT2D eigenvalue weighted by atomic mass is 10.0. The number of carbonyl (C=O) groups excluding carboxylic acids is 1. The summed E-state index contributed by atoms with van der Waals surface area (Å²) < 4.78 is 0. The molecule has 0 bridgehead atoms. The van der Waals surface area contributed by atoms with Gasteiger partial charge in [-0.2, -0.15) is 0 Å². The normalized spacial score (nSPS) is 14.1. The summed E-state index contributed by atoms with van der Waals surface area (Å²) in [5.74, 6) is -0.102. The van der Waals surface area contributed by atoms with Crippen molar-refractivity contribution in [3.8, 4) is 0 Å². The Balaban J connectivity index is 1.81. The van der Waals surface area contributed by atoms with Gasteiger partial charge in [0.25, 0.3) is 5.91 Å². The molecule has 0 saturated carbocycles. The summed E-state index contributed by atoms with van der Waals surface area (Å²) in [7, 11) is 0. The molecule has 2 rings (SSSR count). The lowest BCUT2D eigenvalue weighted by molar-refractivity contribution is -0.117. The van der Waals surface area contributed by atoms with Gasteiger partial charge in [0.1, 0.15) is 0 Å². The number of amides is 1. The van der Waals surface area contributed by atoms with Crippen LogP contribution in [-0.2, 0) is 17.8 Å². The first kappa shape index (κ1) is 21.0. The molecule has 1 aliphatic rings. The van der Waals surface area contributed by atoms with Gasteiger partial charge in [0.15, 0.2) is 0 Å². The number of allylic oxidation sites excluding steroid dienone is 3. The molecule has 146 valence electrons. The van der Waals surface area contributed by atoms with Crippen molar-refractivity contribution in [2.45, 2.75) is 71.8 Å². The van der Waals surface area contributed by atoms with Gasteiger partial charge in [-0.15, -0.1) is 0 Å². The van der Waals surface area contributed by atoms with Gasteiger partial charge in [0.2, 0.25) is 0 Å². The number of unbranched alkanes of at least 4 members (excludes halogenated alkanes) is 4. The van der Waals surface area contributed by atoms with Gasteiger partial charge in [-0.25, -0.2) is 0 Å². The molecule has 0 unspecified atom stereocenters. The van der Waals surface area contributed by atoms with Crippen LogP contribution in [0.1, 0.15) is 69.9 Å². The molecular formula is C24H34N2O. The number of carbonyl (C=O) groups is 1. The fourth-order valence-electron chi connectivity index (χ4n) is 3.28. The number of hydrogen-bond donors (Lipinski definition) is 2. The molecule has 3 N–H and O–H groups in total. The molecule has 0 heterocycles. The fourth-order valence-corrected chi connectivity index (χ4v) is 3.28. The molecule has 1 aliphatic carbocycles. The van der Waals surface area contributed by atoms with Crippen LogP contribution >= 0.6 is 0 Å². The van der Waals surface area contributed by atoms with Crippen molar-refractivity contribution in [1.82, 2.24) is 5.32 Å². The van der Waals surface area contributed by atoms with Crippen LogP contribution in [0.4, 0.5) is 0 Å². The first-order valence-electron chi connectivity index (χ1n) is 10.3. The summed E-state index contributed by atoms with van der Waals surface area (Å²) in [6.45, 7) is 4.87. The monoisotopic (exact) mass is 366 g/mol. The first-order chi connectivity index (χ1) is 13.1. The molecule has 0 spiro atoms. The number of benzene rings is 1. The first-order valence-corrected chi connectivity index (χ1v) is 10.3. The van der Waals surface area contributed by atoms with Crippen molar-refractivity contribution in [1.29, 1.82) is 0 Å². The van der Waals surface area contributed by atoms with Crippen molar-refractivity contribution in [3.63, 3.8) is 0 Å². The van der Waals surface area contributed by atoms with Crippen molar-refractivity contribution in [3.05, 3.63) is 70.5 Å². The fraction of sp³-hybridized carbons (Fsp3) is 0.458. The van der Waals surface area contributed by atoms with E-state index >= 15 is 0 Å². The van der Waals surface area contributed by atoms with E-state index < -0.39 is 0 Å². The van der Waals surface area contributed by atoms with E-state index in [0.29, 0.717) is 24.2 Å². The number of hydrogen-bond acceptors (Lipinski definition) is 2. The summed E-state index contributed by atoms with van der Waals surface area (Å²) in [6, 6.07) is 8.58. The molecule has 0 radical (unpaired) electrons. The van der Waals surface area contributed by atoms with Crippen molar-refractivity contribution >= 4 is 5.91 Å². The molecule has 0 atom stereocenters. The zero-order chi connectivity index (χ0) is 19.5. The standard InChI is InChI=1S/C24H34N2O/c1-3-5-6-7-8-10-20-13-15-21(16-14-20)18-26-24(27)22-12-9-11-19(4-2)17-23(22)25/h9,11-16H,3-8,10,17-18,25H2,1-2H3,(H,26,27). The summed E-state index contributed by atoms with van der Waals surface area (Å²) in [4.78, 5) is 12.5. The second kappa shape index (κ2) is 11.4. The Bertz CT molecular complexity index is 696. The lowest BCUT2D eigenvalue weighted by Crippen LogP contribution is -2.26. The van der Waals surface area contributed by atoms with Gasteiger partial charge in [-0.1, -0.05) is 81.5 Å². The lowest BCUT2D eigenvalue weighted by Gasteiger charge is -2.10. The topological polar surface area (TPSA) is 55.1 Å². The Hall–Kier alpha value is -2.29. The highest BCUT2D eigenvalue weighted by molar-refractivity contribution is 5.97. The summed E-state index contributed by atoms with van der Waals surface area (Å²) >= 11 is 0. The number of rotatable bonds is 10. The maximum absolute atomic E-state index is 12.5. The quantitative estimate of drug-likeness (QED) is 0.550. The highest BCUT2D eigenvalue weighted by Crippen LogP contribution is 2.19. The molecule has 0 aromatic heterocycles. The number of nitrogens with one attached hydrogen (secondary N) is 1.